The molecule has 1 aromatic rings. The van der Waals surface area contributed by atoms with Crippen molar-refractivity contribution >= 4 is 17.6 Å². The first kappa shape index (κ1) is 15.9. The van der Waals surface area contributed by atoms with Crippen LogP contribution in [0.3, 0.4) is 0 Å². The molecule has 0 saturated carbocycles. The summed E-state index contributed by atoms with van der Waals surface area (Å²) in [5.74, 6) is -1.36. The third kappa shape index (κ3) is 3.92. The van der Waals surface area contributed by atoms with E-state index in [1.54, 1.807) is 0 Å². The Hall–Kier alpha value is -2.16. The number of hydrogen-bond donors (Lipinski definition) is 3. The topological polar surface area (TPSA) is 122 Å². The highest BCUT2D eigenvalue weighted by Gasteiger charge is 2.29. The highest BCUT2D eigenvalue weighted by atomic mass is 16.8. The van der Waals surface area contributed by atoms with E-state index in [1.807, 2.05) is 0 Å². The number of aliphatic hydroxyl groups is 1. The van der Waals surface area contributed by atoms with Crippen molar-refractivity contribution in [2.75, 3.05) is 12.3 Å². The molecule has 1 rings (SSSR count). The van der Waals surface area contributed by atoms with Crippen LogP contribution >= 0.6 is 0 Å². The lowest BCUT2D eigenvalue weighted by molar-refractivity contribution is -0.148. The maximum Gasteiger partial charge on any atom is 0.331 e. The van der Waals surface area contributed by atoms with Crippen molar-refractivity contribution in [3.63, 3.8) is 0 Å². The van der Waals surface area contributed by atoms with Gasteiger partial charge in [-0.1, -0.05) is 12.1 Å². The smallest absolute Gasteiger partial charge is 0.331 e. The third-order valence-electron chi connectivity index (χ3n) is 2.56. The summed E-state index contributed by atoms with van der Waals surface area (Å²) in [7, 11) is 1.12. The molecule has 110 valence electrons. The first-order valence-electron chi connectivity index (χ1n) is 5.66. The van der Waals surface area contributed by atoms with E-state index in [9.17, 15) is 19.9 Å². The summed E-state index contributed by atoms with van der Waals surface area (Å²) in [6, 6.07) is 4.04. The second-order valence-electron chi connectivity index (χ2n) is 4.01. The Morgan fingerprint density at radius 3 is 2.60 bits per heavy atom. The van der Waals surface area contributed by atoms with Crippen LogP contribution in [0.15, 0.2) is 24.3 Å². The van der Waals surface area contributed by atoms with Crippen LogP contribution in [-0.4, -0.2) is 35.3 Å². The number of nitrogens with one attached hydrogen (secondary N) is 1. The molecule has 2 atom stereocenters. The summed E-state index contributed by atoms with van der Waals surface area (Å²) in [5.41, 5.74) is 0.0505. The van der Waals surface area contributed by atoms with Crippen molar-refractivity contribution in [1.29, 1.82) is 0 Å². The Balaban J connectivity index is 3.04. The zero-order valence-corrected chi connectivity index (χ0v) is 10.9. The second-order valence-corrected chi connectivity index (χ2v) is 4.01. The molecule has 0 fully saturated rings. The first-order chi connectivity index (χ1) is 9.36. The standard InChI is InChI=1S/C12H15N2O6/c1-7(15)13-10(12(17)20-2)11(16)8-4-3-5-9(6-8)14(18)19/h3-6,10-11,16,18H,1-2H3,(H,13,15)/q-1. The van der Waals surface area contributed by atoms with Gasteiger partial charge in [0.25, 0.3) is 0 Å². The van der Waals surface area contributed by atoms with Crippen LogP contribution < -0.4 is 10.5 Å². The number of esters is 1. The molecule has 3 N–H and O–H groups in total. The lowest BCUT2D eigenvalue weighted by atomic mass is 10.0. The highest BCUT2D eigenvalue weighted by Crippen LogP contribution is 2.22. The predicted molar refractivity (Wildman–Crippen MR) is 68.7 cm³/mol. The molecular weight excluding hydrogens is 268 g/mol. The van der Waals surface area contributed by atoms with E-state index < -0.39 is 24.0 Å². The number of nitrogens with zero attached hydrogens (tertiary/aromatic N) is 1. The normalized spacial score (nSPS) is 13.2. The van der Waals surface area contributed by atoms with Gasteiger partial charge in [0.15, 0.2) is 6.04 Å². The largest absolute Gasteiger partial charge is 0.733 e. The molecule has 20 heavy (non-hydrogen) atoms. The van der Waals surface area contributed by atoms with Gasteiger partial charge in [0.2, 0.25) is 5.91 Å². The van der Waals surface area contributed by atoms with Crippen molar-refractivity contribution < 1.29 is 24.6 Å². The Morgan fingerprint density at radius 1 is 1.45 bits per heavy atom. The van der Waals surface area contributed by atoms with Crippen LogP contribution in [0.2, 0.25) is 0 Å². The van der Waals surface area contributed by atoms with Crippen molar-refractivity contribution in [3.8, 4) is 0 Å². The van der Waals surface area contributed by atoms with Gasteiger partial charge in [-0.15, -0.1) is 0 Å². The number of ether oxygens (including phenoxy) is 1. The number of carbonyl (C=O) groups excluding carboxylic acids is 2. The molecule has 8 nitrogen and oxygen atoms in total. The molecule has 0 aromatic heterocycles. The van der Waals surface area contributed by atoms with Crippen LogP contribution in [0.25, 0.3) is 0 Å². The van der Waals surface area contributed by atoms with E-state index in [4.69, 9.17) is 5.21 Å². The third-order valence-corrected chi connectivity index (χ3v) is 2.56. The summed E-state index contributed by atoms with van der Waals surface area (Å²) in [5, 5.41) is 31.6. The van der Waals surface area contributed by atoms with E-state index in [0.717, 1.165) is 7.11 Å². The summed E-state index contributed by atoms with van der Waals surface area (Å²) >= 11 is 0. The van der Waals surface area contributed by atoms with Gasteiger partial charge in [-0.3, -0.25) is 10.0 Å². The molecule has 0 heterocycles. The van der Waals surface area contributed by atoms with Crippen LogP contribution in [0.5, 0.6) is 0 Å². The second kappa shape index (κ2) is 6.85. The van der Waals surface area contributed by atoms with Crippen LogP contribution in [0.4, 0.5) is 5.69 Å². The average molecular weight is 283 g/mol. The molecule has 8 heteroatoms. The van der Waals surface area contributed by atoms with Crippen LogP contribution in [0, 0.1) is 5.21 Å². The van der Waals surface area contributed by atoms with E-state index in [1.165, 1.54) is 31.2 Å². The average Bonchev–Trinajstić information content (AvgIpc) is 2.43. The molecule has 0 saturated heterocycles. The Labute approximate surface area is 115 Å². The lowest BCUT2D eigenvalue weighted by Gasteiger charge is -2.25. The minimum absolute atomic E-state index is 0.118. The summed E-state index contributed by atoms with van der Waals surface area (Å²) < 4.78 is 4.50. The van der Waals surface area contributed by atoms with E-state index in [2.05, 4.69) is 10.1 Å². The Bertz CT molecular complexity index is 491. The van der Waals surface area contributed by atoms with Crippen molar-refractivity contribution in [3.05, 3.63) is 35.0 Å². The number of rotatable bonds is 5. The Morgan fingerprint density at radius 2 is 2.10 bits per heavy atom. The molecule has 0 bridgehead atoms. The number of hydrogen-bond acceptors (Lipinski definition) is 7. The van der Waals surface area contributed by atoms with Crippen LogP contribution in [0.1, 0.15) is 18.6 Å². The summed E-state index contributed by atoms with van der Waals surface area (Å²) in [4.78, 5) is 22.6. The zero-order chi connectivity index (χ0) is 15.3. The van der Waals surface area contributed by atoms with E-state index >= 15 is 0 Å². The number of amides is 1. The number of anilines is 1. The molecule has 0 aliphatic carbocycles. The van der Waals surface area contributed by atoms with Gasteiger partial charge in [-0.25, -0.2) is 4.79 Å². The fourth-order valence-corrected chi connectivity index (χ4v) is 1.63. The van der Waals surface area contributed by atoms with Gasteiger partial charge in [0.05, 0.1) is 12.8 Å². The van der Waals surface area contributed by atoms with Gasteiger partial charge >= 0.3 is 5.97 Å². The maximum atomic E-state index is 11.6. The molecule has 2 unspecified atom stereocenters. The molecule has 0 aliphatic heterocycles. The minimum Gasteiger partial charge on any atom is -0.733 e. The fourth-order valence-electron chi connectivity index (χ4n) is 1.63. The number of methoxy groups -OCH3 is 1. The number of benzene rings is 1. The molecular formula is C12H15N2O6-. The fraction of sp³-hybridized carbons (Fsp3) is 0.333. The van der Waals surface area contributed by atoms with Gasteiger partial charge < -0.3 is 25.6 Å². The highest BCUT2D eigenvalue weighted by molar-refractivity contribution is 5.83. The minimum atomic E-state index is -1.42. The Kier molecular flexibility index (Phi) is 5.44. The number of aliphatic hydroxyl groups excluding tert-OH is 1. The molecule has 0 radical (unpaired) electrons. The van der Waals surface area contributed by atoms with E-state index in [0.29, 0.717) is 0 Å². The molecule has 1 aromatic carbocycles. The summed E-state index contributed by atoms with van der Waals surface area (Å²) in [6.07, 6.45) is -1.42. The van der Waals surface area contributed by atoms with E-state index in [-0.39, 0.29) is 16.5 Å². The van der Waals surface area contributed by atoms with Gasteiger partial charge in [-0.2, -0.15) is 0 Å². The van der Waals surface area contributed by atoms with Crippen molar-refractivity contribution in [2.45, 2.75) is 19.1 Å². The monoisotopic (exact) mass is 283 g/mol. The summed E-state index contributed by atoms with van der Waals surface area (Å²) in [6.45, 7) is 1.19. The lowest BCUT2D eigenvalue weighted by Crippen LogP contribution is -2.44. The quantitative estimate of drug-likeness (QED) is 0.517. The first-order valence-corrected chi connectivity index (χ1v) is 5.66. The zero-order valence-electron chi connectivity index (χ0n) is 10.9. The number of carbonyl (C=O) groups is 2. The van der Waals surface area contributed by atoms with Crippen molar-refractivity contribution in [2.24, 2.45) is 0 Å². The van der Waals surface area contributed by atoms with Crippen LogP contribution in [-0.2, 0) is 14.3 Å². The molecule has 0 spiro atoms. The van der Waals surface area contributed by atoms with Gasteiger partial charge in [0.1, 0.15) is 6.10 Å². The molecule has 0 aliphatic rings. The predicted octanol–water partition coefficient (Wildman–Crippen LogP) is 0.0911. The SMILES string of the molecule is COC(=O)C(NC(C)=O)C(O)c1cccc(N([O-])O)c1. The van der Waals surface area contributed by atoms with Gasteiger partial charge in [-0.05, 0) is 17.7 Å². The van der Waals surface area contributed by atoms with Gasteiger partial charge in [0, 0.05) is 6.92 Å². The molecule has 1 amide bonds. The van der Waals surface area contributed by atoms with Crippen molar-refractivity contribution in [1.82, 2.24) is 5.32 Å². The maximum absolute atomic E-state index is 11.6.